The highest BCUT2D eigenvalue weighted by atomic mass is 19.2. The molecule has 2 amide bonds. The molecular weight excluding hydrogens is 322 g/mol. The van der Waals surface area contributed by atoms with Gasteiger partial charge >= 0.3 is 0 Å². The van der Waals surface area contributed by atoms with Crippen molar-refractivity contribution in [1.29, 1.82) is 0 Å². The number of nitrogens with one attached hydrogen (secondary N) is 2. The summed E-state index contributed by atoms with van der Waals surface area (Å²) >= 11 is 0. The Bertz CT molecular complexity index is 608. The minimum atomic E-state index is -1.41. The van der Waals surface area contributed by atoms with E-state index in [0.717, 1.165) is 18.2 Å². The first kappa shape index (κ1) is 20.0. The molecule has 1 unspecified atom stereocenters. The van der Waals surface area contributed by atoms with Gasteiger partial charge < -0.3 is 20.8 Å². The van der Waals surface area contributed by atoms with Crippen molar-refractivity contribution in [2.75, 3.05) is 13.2 Å². The lowest BCUT2D eigenvalue weighted by Crippen LogP contribution is -2.49. The molecule has 0 aliphatic rings. The Morgan fingerprint density at radius 3 is 2.42 bits per heavy atom. The third-order valence-electron chi connectivity index (χ3n) is 3.54. The van der Waals surface area contributed by atoms with Crippen LogP contribution in [-0.2, 0) is 4.79 Å². The van der Waals surface area contributed by atoms with Crippen LogP contribution in [0.2, 0.25) is 0 Å². The van der Waals surface area contributed by atoms with Gasteiger partial charge in [0.15, 0.2) is 11.6 Å². The highest BCUT2D eigenvalue weighted by Gasteiger charge is 2.32. The number of aliphatic hydroxyl groups is 2. The van der Waals surface area contributed by atoms with Gasteiger partial charge in [0, 0.05) is 23.6 Å². The topological polar surface area (TPSA) is 98.7 Å². The molecule has 4 N–H and O–H groups in total. The average molecular weight is 344 g/mol. The lowest BCUT2D eigenvalue weighted by Gasteiger charge is -2.27. The van der Waals surface area contributed by atoms with Gasteiger partial charge in [-0.25, -0.2) is 8.78 Å². The number of benzene rings is 1. The van der Waals surface area contributed by atoms with E-state index in [1.165, 1.54) is 13.8 Å². The molecule has 1 aromatic rings. The van der Waals surface area contributed by atoms with E-state index < -0.39 is 41.0 Å². The lowest BCUT2D eigenvalue weighted by atomic mass is 9.87. The van der Waals surface area contributed by atoms with Crippen LogP contribution in [-0.4, -0.2) is 47.3 Å². The fourth-order valence-corrected chi connectivity index (χ4v) is 1.79. The van der Waals surface area contributed by atoms with Crippen molar-refractivity contribution in [1.82, 2.24) is 10.6 Å². The van der Waals surface area contributed by atoms with E-state index in [9.17, 15) is 23.5 Å². The minimum absolute atomic E-state index is 0.0207. The van der Waals surface area contributed by atoms with Gasteiger partial charge in [-0.15, -0.1) is 0 Å². The summed E-state index contributed by atoms with van der Waals surface area (Å²) in [6, 6.07) is 2.26. The molecular formula is C16H22F2N2O4. The minimum Gasteiger partial charge on any atom is -0.396 e. The molecule has 0 spiro atoms. The van der Waals surface area contributed by atoms with Crippen LogP contribution in [0.15, 0.2) is 18.2 Å². The van der Waals surface area contributed by atoms with Crippen LogP contribution in [0, 0.1) is 17.0 Å². The van der Waals surface area contributed by atoms with Crippen LogP contribution in [0.25, 0.3) is 0 Å². The van der Waals surface area contributed by atoms with Crippen molar-refractivity contribution in [3.05, 3.63) is 35.4 Å². The Morgan fingerprint density at radius 1 is 1.25 bits per heavy atom. The second-order valence-electron chi connectivity index (χ2n) is 6.30. The van der Waals surface area contributed by atoms with E-state index >= 15 is 0 Å². The van der Waals surface area contributed by atoms with Gasteiger partial charge in [0.25, 0.3) is 5.91 Å². The second kappa shape index (κ2) is 8.16. The summed E-state index contributed by atoms with van der Waals surface area (Å²) in [5.74, 6) is -3.47. The van der Waals surface area contributed by atoms with E-state index in [1.807, 2.05) is 0 Å². The molecule has 0 saturated carbocycles. The van der Waals surface area contributed by atoms with Gasteiger partial charge in [-0.05, 0) is 25.1 Å². The Morgan fingerprint density at radius 2 is 1.88 bits per heavy atom. The average Bonchev–Trinajstić information content (AvgIpc) is 2.54. The first-order valence-corrected chi connectivity index (χ1v) is 7.41. The van der Waals surface area contributed by atoms with Gasteiger partial charge in [0.1, 0.15) is 6.10 Å². The fraction of sp³-hybridized carbons (Fsp3) is 0.500. The van der Waals surface area contributed by atoms with E-state index in [4.69, 9.17) is 5.11 Å². The van der Waals surface area contributed by atoms with Crippen LogP contribution in [0.3, 0.4) is 0 Å². The molecule has 0 bridgehead atoms. The number of halogens is 2. The van der Waals surface area contributed by atoms with Crippen molar-refractivity contribution in [3.8, 4) is 0 Å². The third kappa shape index (κ3) is 5.24. The van der Waals surface area contributed by atoms with Crippen molar-refractivity contribution >= 4 is 11.8 Å². The number of hydrogen-bond donors (Lipinski definition) is 4. The molecule has 0 aromatic heterocycles. The number of carbonyl (C=O) groups excluding carboxylic acids is 2. The molecule has 0 fully saturated rings. The summed E-state index contributed by atoms with van der Waals surface area (Å²) in [5.41, 5.74) is -1.05. The van der Waals surface area contributed by atoms with Crippen molar-refractivity contribution in [2.45, 2.75) is 32.9 Å². The Kier molecular flexibility index (Phi) is 6.80. The molecule has 1 rings (SSSR count). The molecule has 24 heavy (non-hydrogen) atoms. The summed E-state index contributed by atoms with van der Waals surface area (Å²) in [5, 5.41) is 23.9. The normalized spacial score (nSPS) is 14.0. The maximum absolute atomic E-state index is 13.1. The lowest BCUT2D eigenvalue weighted by molar-refractivity contribution is -0.137. The fourth-order valence-electron chi connectivity index (χ4n) is 1.79. The number of aliphatic hydroxyl groups excluding tert-OH is 2. The Hall–Kier alpha value is -2.06. The van der Waals surface area contributed by atoms with Crippen molar-refractivity contribution in [3.63, 3.8) is 0 Å². The Balaban J connectivity index is 2.54. The van der Waals surface area contributed by atoms with Crippen molar-refractivity contribution in [2.24, 2.45) is 5.41 Å². The molecule has 6 nitrogen and oxygen atoms in total. The number of rotatable bonds is 7. The van der Waals surface area contributed by atoms with Gasteiger partial charge in [-0.3, -0.25) is 9.59 Å². The molecule has 0 saturated heterocycles. The quantitative estimate of drug-likeness (QED) is 0.581. The smallest absolute Gasteiger partial charge is 0.251 e. The monoisotopic (exact) mass is 344 g/mol. The summed E-state index contributed by atoms with van der Waals surface area (Å²) in [4.78, 5) is 23.7. The predicted octanol–water partition coefficient (Wildman–Crippen LogP) is 0.579. The van der Waals surface area contributed by atoms with Crippen LogP contribution >= 0.6 is 0 Å². The number of hydrogen-bond acceptors (Lipinski definition) is 4. The SMILES string of the molecule is C[C@@H](CNC(=O)C(O)C(C)(C)CO)NC(=O)c1ccc(F)c(F)c1. The molecule has 0 radical (unpaired) electrons. The third-order valence-corrected chi connectivity index (χ3v) is 3.54. The molecule has 0 aliphatic carbocycles. The number of carbonyl (C=O) groups is 2. The predicted molar refractivity (Wildman–Crippen MR) is 83.2 cm³/mol. The highest BCUT2D eigenvalue weighted by Crippen LogP contribution is 2.19. The maximum atomic E-state index is 13.1. The van der Waals surface area contributed by atoms with Crippen LogP contribution in [0.4, 0.5) is 8.78 Å². The standard InChI is InChI=1S/C16H22F2N2O4/c1-9(7-19-15(24)13(22)16(2,3)8-21)20-14(23)10-4-5-11(17)12(18)6-10/h4-6,9,13,21-22H,7-8H2,1-3H3,(H,19,24)(H,20,23)/t9-,13?/m0/s1. The van der Waals surface area contributed by atoms with Crippen LogP contribution in [0.1, 0.15) is 31.1 Å². The van der Waals surface area contributed by atoms with Crippen molar-refractivity contribution < 1.29 is 28.6 Å². The van der Waals surface area contributed by atoms with Gasteiger partial charge in [0.2, 0.25) is 5.91 Å². The van der Waals surface area contributed by atoms with E-state index in [1.54, 1.807) is 6.92 Å². The largest absolute Gasteiger partial charge is 0.396 e. The van der Waals surface area contributed by atoms with Crippen LogP contribution < -0.4 is 10.6 Å². The van der Waals surface area contributed by atoms with E-state index in [0.29, 0.717) is 0 Å². The van der Waals surface area contributed by atoms with Gasteiger partial charge in [-0.1, -0.05) is 13.8 Å². The highest BCUT2D eigenvalue weighted by molar-refractivity contribution is 5.94. The summed E-state index contributed by atoms with van der Waals surface area (Å²) in [6.45, 7) is 4.31. The van der Waals surface area contributed by atoms with E-state index in [2.05, 4.69) is 10.6 Å². The zero-order valence-electron chi connectivity index (χ0n) is 13.8. The Labute approximate surface area is 138 Å². The summed E-state index contributed by atoms with van der Waals surface area (Å²) in [7, 11) is 0. The van der Waals surface area contributed by atoms with E-state index in [-0.39, 0.29) is 18.7 Å². The molecule has 134 valence electrons. The van der Waals surface area contributed by atoms with Gasteiger partial charge in [-0.2, -0.15) is 0 Å². The zero-order chi connectivity index (χ0) is 18.5. The molecule has 8 heteroatoms. The number of amides is 2. The zero-order valence-corrected chi connectivity index (χ0v) is 13.8. The molecule has 0 heterocycles. The molecule has 1 aromatic carbocycles. The first-order valence-electron chi connectivity index (χ1n) is 7.41. The summed E-state index contributed by atoms with van der Waals surface area (Å²) in [6.07, 6.45) is -1.41. The van der Waals surface area contributed by atoms with Crippen LogP contribution in [0.5, 0.6) is 0 Å². The molecule has 2 atom stereocenters. The molecule has 0 aliphatic heterocycles. The first-order chi connectivity index (χ1) is 11.1. The summed E-state index contributed by atoms with van der Waals surface area (Å²) < 4.78 is 25.9. The second-order valence-corrected chi connectivity index (χ2v) is 6.30. The van der Waals surface area contributed by atoms with Gasteiger partial charge in [0.05, 0.1) is 6.61 Å². The maximum Gasteiger partial charge on any atom is 0.251 e.